The van der Waals surface area contributed by atoms with Gasteiger partial charge in [0.1, 0.15) is 11.1 Å². The van der Waals surface area contributed by atoms with Gasteiger partial charge in [0.05, 0.1) is 12.1 Å². The van der Waals surface area contributed by atoms with Crippen molar-refractivity contribution in [2.24, 2.45) is 5.92 Å². The number of thiophene rings is 1. The molecule has 2 aromatic rings. The molecular weight excluding hydrogens is 392 g/mol. The van der Waals surface area contributed by atoms with Crippen LogP contribution in [0.3, 0.4) is 0 Å². The predicted molar refractivity (Wildman–Crippen MR) is 122 cm³/mol. The van der Waals surface area contributed by atoms with Gasteiger partial charge < -0.3 is 5.32 Å². The van der Waals surface area contributed by atoms with Crippen LogP contribution >= 0.6 is 11.3 Å². The Kier molecular flexibility index (Phi) is 6.52. The normalized spacial score (nSPS) is 19.8. The molecule has 1 atom stereocenters. The Morgan fingerprint density at radius 3 is 2.70 bits per heavy atom. The van der Waals surface area contributed by atoms with Crippen molar-refractivity contribution >= 4 is 22.2 Å². The van der Waals surface area contributed by atoms with Crippen molar-refractivity contribution in [3.8, 4) is 6.07 Å². The number of nitriles is 1. The number of hydrogen-bond donors (Lipinski definition) is 1. The van der Waals surface area contributed by atoms with Crippen molar-refractivity contribution in [3.05, 3.63) is 51.4 Å². The van der Waals surface area contributed by atoms with Gasteiger partial charge in [0.25, 0.3) is 0 Å². The molecule has 2 heterocycles. The van der Waals surface area contributed by atoms with Gasteiger partial charge in [0.2, 0.25) is 5.91 Å². The smallest absolute Gasteiger partial charge is 0.239 e. The van der Waals surface area contributed by atoms with Crippen LogP contribution < -0.4 is 5.32 Å². The van der Waals surface area contributed by atoms with Crippen molar-refractivity contribution in [3.63, 3.8) is 0 Å². The molecule has 0 spiro atoms. The molecule has 1 unspecified atom stereocenters. The summed E-state index contributed by atoms with van der Waals surface area (Å²) in [6.07, 6.45) is 3.10. The topological polar surface area (TPSA) is 59.4 Å². The number of nitrogens with one attached hydrogen (secondary N) is 1. The molecule has 1 aromatic carbocycles. The first-order valence-electron chi connectivity index (χ1n) is 10.9. The standard InChI is InChI=1S/C24H30N4OS/c1-17-7-8-20-21(14-25)24(30-22(20)13-17)26-23(29)16-28-11-9-27(10-12-28)15-19-6-4-3-5-18(19)2/h3-6,17H,7-13,15-16H2,1-2H3,(H,26,29). The van der Waals surface area contributed by atoms with Crippen molar-refractivity contribution in [2.75, 3.05) is 38.0 Å². The fraction of sp³-hybridized carbons (Fsp3) is 0.500. The number of fused-ring (bicyclic) bond motifs is 1. The van der Waals surface area contributed by atoms with E-state index in [-0.39, 0.29) is 5.91 Å². The third-order valence-electron chi connectivity index (χ3n) is 6.36. The quantitative estimate of drug-likeness (QED) is 0.796. The van der Waals surface area contributed by atoms with Crippen LogP contribution in [0.25, 0.3) is 0 Å². The molecule has 0 saturated carbocycles. The number of carbonyl (C=O) groups is 1. The minimum Gasteiger partial charge on any atom is -0.315 e. The first kappa shape index (κ1) is 21.0. The molecule has 2 aliphatic rings. The van der Waals surface area contributed by atoms with E-state index in [0.717, 1.165) is 57.0 Å². The lowest BCUT2D eigenvalue weighted by Crippen LogP contribution is -2.48. The Morgan fingerprint density at radius 1 is 1.23 bits per heavy atom. The second kappa shape index (κ2) is 9.30. The van der Waals surface area contributed by atoms with Crippen molar-refractivity contribution in [1.29, 1.82) is 5.26 Å². The van der Waals surface area contributed by atoms with Crippen LogP contribution in [0.4, 0.5) is 5.00 Å². The average Bonchev–Trinajstić information content (AvgIpc) is 3.06. The maximum absolute atomic E-state index is 12.7. The number of nitrogens with zero attached hydrogens (tertiary/aromatic N) is 3. The number of amides is 1. The summed E-state index contributed by atoms with van der Waals surface area (Å²) in [7, 11) is 0. The molecule has 0 radical (unpaired) electrons. The third-order valence-corrected chi connectivity index (χ3v) is 7.53. The lowest BCUT2D eigenvalue weighted by Gasteiger charge is -2.34. The number of benzene rings is 1. The Morgan fingerprint density at radius 2 is 1.97 bits per heavy atom. The summed E-state index contributed by atoms with van der Waals surface area (Å²) in [5.74, 6) is 0.646. The van der Waals surface area contributed by atoms with Gasteiger partial charge in [-0.2, -0.15) is 5.26 Å². The molecule has 1 fully saturated rings. The van der Waals surface area contributed by atoms with E-state index >= 15 is 0 Å². The molecule has 30 heavy (non-hydrogen) atoms. The summed E-state index contributed by atoms with van der Waals surface area (Å²) in [6, 6.07) is 10.9. The fourth-order valence-electron chi connectivity index (χ4n) is 4.46. The zero-order valence-corrected chi connectivity index (χ0v) is 18.7. The van der Waals surface area contributed by atoms with Crippen LogP contribution in [-0.2, 0) is 24.2 Å². The van der Waals surface area contributed by atoms with E-state index in [1.807, 2.05) is 0 Å². The zero-order valence-electron chi connectivity index (χ0n) is 17.9. The van der Waals surface area contributed by atoms with Crippen molar-refractivity contribution in [1.82, 2.24) is 9.80 Å². The van der Waals surface area contributed by atoms with Crippen LogP contribution in [0.1, 0.15) is 40.5 Å². The maximum Gasteiger partial charge on any atom is 0.239 e. The molecule has 1 N–H and O–H groups in total. The van der Waals surface area contributed by atoms with E-state index in [1.54, 1.807) is 11.3 Å². The summed E-state index contributed by atoms with van der Waals surface area (Å²) in [6.45, 7) is 9.50. The predicted octanol–water partition coefficient (Wildman–Crippen LogP) is 3.81. The van der Waals surface area contributed by atoms with Crippen molar-refractivity contribution in [2.45, 2.75) is 39.7 Å². The van der Waals surface area contributed by atoms with E-state index in [2.05, 4.69) is 59.3 Å². The van der Waals surface area contributed by atoms with Crippen LogP contribution in [0, 0.1) is 24.2 Å². The highest BCUT2D eigenvalue weighted by Gasteiger charge is 2.25. The average molecular weight is 423 g/mol. The molecule has 1 amide bonds. The number of rotatable bonds is 5. The molecule has 1 aliphatic carbocycles. The van der Waals surface area contributed by atoms with Gasteiger partial charge in [0, 0.05) is 37.6 Å². The molecule has 1 saturated heterocycles. The van der Waals surface area contributed by atoms with Gasteiger partial charge in [0.15, 0.2) is 0 Å². The fourth-order valence-corrected chi connectivity index (χ4v) is 5.84. The Balaban J connectivity index is 1.30. The molecule has 1 aromatic heterocycles. The molecule has 5 nitrogen and oxygen atoms in total. The van der Waals surface area contributed by atoms with Gasteiger partial charge in [-0.15, -0.1) is 11.3 Å². The van der Waals surface area contributed by atoms with Gasteiger partial charge in [-0.25, -0.2) is 0 Å². The molecule has 4 rings (SSSR count). The van der Waals surface area contributed by atoms with E-state index in [1.165, 1.54) is 21.6 Å². The first-order valence-corrected chi connectivity index (χ1v) is 11.7. The molecular formula is C24H30N4OS. The van der Waals surface area contributed by atoms with Crippen LogP contribution in [0.15, 0.2) is 24.3 Å². The monoisotopic (exact) mass is 422 g/mol. The lowest BCUT2D eigenvalue weighted by molar-refractivity contribution is -0.117. The summed E-state index contributed by atoms with van der Waals surface area (Å²) in [4.78, 5) is 18.6. The van der Waals surface area contributed by atoms with Gasteiger partial charge in [-0.1, -0.05) is 31.2 Å². The highest BCUT2D eigenvalue weighted by molar-refractivity contribution is 7.16. The number of carbonyl (C=O) groups excluding carboxylic acids is 1. The number of anilines is 1. The summed E-state index contributed by atoms with van der Waals surface area (Å²) in [5.41, 5.74) is 4.57. The van der Waals surface area contributed by atoms with E-state index < -0.39 is 0 Å². The summed E-state index contributed by atoms with van der Waals surface area (Å²) >= 11 is 1.60. The zero-order chi connectivity index (χ0) is 21.1. The Bertz CT molecular complexity index is 953. The second-order valence-corrected chi connectivity index (χ2v) is 9.80. The minimum atomic E-state index is -0.00880. The Hall–Kier alpha value is -2.20. The SMILES string of the molecule is Cc1ccccc1CN1CCN(CC(=O)Nc2sc3c(c2C#N)CCC(C)C3)CC1. The van der Waals surface area contributed by atoms with E-state index in [4.69, 9.17) is 0 Å². The molecule has 1 aliphatic heterocycles. The first-order chi connectivity index (χ1) is 14.5. The van der Waals surface area contributed by atoms with Crippen molar-refractivity contribution < 1.29 is 4.79 Å². The van der Waals surface area contributed by atoms with E-state index in [9.17, 15) is 10.1 Å². The van der Waals surface area contributed by atoms with Gasteiger partial charge >= 0.3 is 0 Å². The highest BCUT2D eigenvalue weighted by atomic mass is 32.1. The maximum atomic E-state index is 12.7. The third kappa shape index (κ3) is 4.75. The van der Waals surface area contributed by atoms with Crippen LogP contribution in [-0.4, -0.2) is 48.4 Å². The number of piperazine rings is 1. The lowest BCUT2D eigenvalue weighted by atomic mass is 9.89. The number of hydrogen-bond acceptors (Lipinski definition) is 5. The largest absolute Gasteiger partial charge is 0.315 e. The molecule has 0 bridgehead atoms. The minimum absolute atomic E-state index is 0.00880. The Labute approximate surface area is 183 Å². The van der Waals surface area contributed by atoms with Crippen LogP contribution in [0.5, 0.6) is 0 Å². The summed E-state index contributed by atoms with van der Waals surface area (Å²) < 4.78 is 0. The van der Waals surface area contributed by atoms with Gasteiger partial charge in [-0.05, 0) is 48.8 Å². The second-order valence-electron chi connectivity index (χ2n) is 8.69. The highest BCUT2D eigenvalue weighted by Crippen LogP contribution is 2.39. The van der Waals surface area contributed by atoms with E-state index in [0.29, 0.717) is 18.0 Å². The molecule has 6 heteroatoms. The number of aryl methyl sites for hydroxylation is 1. The summed E-state index contributed by atoms with van der Waals surface area (Å²) in [5, 5.41) is 13.4. The van der Waals surface area contributed by atoms with Gasteiger partial charge in [-0.3, -0.25) is 14.6 Å². The van der Waals surface area contributed by atoms with Crippen LogP contribution in [0.2, 0.25) is 0 Å². The molecule has 158 valence electrons.